The maximum Gasteiger partial charge on any atom is 0.227 e. The van der Waals surface area contributed by atoms with Crippen LogP contribution >= 0.6 is 0 Å². The fourth-order valence-electron chi connectivity index (χ4n) is 3.91. The zero-order valence-electron chi connectivity index (χ0n) is 17.9. The number of carbonyl (C=O) groups is 2. The number of rotatable bonds is 6. The number of amides is 1. The number of halogens is 1. The van der Waals surface area contributed by atoms with Crippen LogP contribution in [0.4, 0.5) is 15.8 Å². The molecule has 1 fully saturated rings. The van der Waals surface area contributed by atoms with Gasteiger partial charge in [0.1, 0.15) is 5.82 Å². The first-order chi connectivity index (χ1) is 14.3. The van der Waals surface area contributed by atoms with Crippen molar-refractivity contribution in [1.82, 2.24) is 9.88 Å². The molecule has 1 aliphatic heterocycles. The van der Waals surface area contributed by atoms with Gasteiger partial charge < -0.3 is 20.5 Å². The zero-order valence-corrected chi connectivity index (χ0v) is 17.9. The lowest BCUT2D eigenvalue weighted by molar-refractivity contribution is -0.121. The molecule has 1 aromatic carbocycles. The molecule has 1 saturated heterocycles. The summed E-state index contributed by atoms with van der Waals surface area (Å²) >= 11 is 0. The molecule has 2 aromatic rings. The standard InChI is InChI=1S/C23H29FN4O2/c1-14-21(11-17(13-29)19-12-18(24)5-6-20(19)25-3)26-15(2)22(14)27-23(30)16-7-9-28(4)10-8-16/h5-6,11-13,16,25-26H,7-10H2,1-4H3,(H,27,30)/b17-11+. The number of nitrogens with zero attached hydrogens (tertiary/aromatic N) is 1. The molecule has 3 N–H and O–H groups in total. The number of nitrogens with one attached hydrogen (secondary N) is 3. The lowest BCUT2D eigenvalue weighted by atomic mass is 9.96. The van der Waals surface area contributed by atoms with E-state index < -0.39 is 5.82 Å². The highest BCUT2D eigenvalue weighted by Crippen LogP contribution is 2.30. The van der Waals surface area contributed by atoms with Gasteiger partial charge in [0, 0.05) is 41.2 Å². The van der Waals surface area contributed by atoms with Crippen molar-refractivity contribution < 1.29 is 14.0 Å². The van der Waals surface area contributed by atoms with Crippen LogP contribution in [0.5, 0.6) is 0 Å². The Morgan fingerprint density at radius 2 is 1.97 bits per heavy atom. The van der Waals surface area contributed by atoms with Crippen molar-refractivity contribution >= 4 is 35.2 Å². The number of likely N-dealkylation sites (tertiary alicyclic amines) is 1. The van der Waals surface area contributed by atoms with Gasteiger partial charge in [-0.25, -0.2) is 4.39 Å². The van der Waals surface area contributed by atoms with Gasteiger partial charge in [-0.3, -0.25) is 9.59 Å². The molecular weight excluding hydrogens is 383 g/mol. The largest absolute Gasteiger partial charge is 0.388 e. The smallest absolute Gasteiger partial charge is 0.227 e. The molecule has 0 radical (unpaired) electrons. The van der Waals surface area contributed by atoms with Gasteiger partial charge in [0.2, 0.25) is 5.91 Å². The maximum atomic E-state index is 13.8. The summed E-state index contributed by atoms with van der Waals surface area (Å²) in [6, 6.07) is 4.28. The Balaban J connectivity index is 1.88. The first-order valence-corrected chi connectivity index (χ1v) is 10.2. The van der Waals surface area contributed by atoms with Gasteiger partial charge in [0.25, 0.3) is 0 Å². The van der Waals surface area contributed by atoms with Crippen molar-refractivity contribution in [3.05, 3.63) is 46.5 Å². The number of aromatic nitrogens is 1. The Hall–Kier alpha value is -2.93. The molecule has 1 amide bonds. The Morgan fingerprint density at radius 3 is 2.60 bits per heavy atom. The van der Waals surface area contributed by atoms with Crippen molar-refractivity contribution in [3.8, 4) is 0 Å². The minimum atomic E-state index is -0.415. The lowest BCUT2D eigenvalue weighted by Gasteiger charge is -2.28. The van der Waals surface area contributed by atoms with Gasteiger partial charge in [-0.1, -0.05) is 0 Å². The van der Waals surface area contributed by atoms with Crippen molar-refractivity contribution in [1.29, 1.82) is 0 Å². The summed E-state index contributed by atoms with van der Waals surface area (Å²) in [5.74, 6) is -0.380. The number of hydrogen-bond donors (Lipinski definition) is 3. The van der Waals surface area contributed by atoms with E-state index in [0.29, 0.717) is 28.8 Å². The number of benzene rings is 1. The van der Waals surface area contributed by atoms with E-state index in [2.05, 4.69) is 27.6 Å². The van der Waals surface area contributed by atoms with Crippen molar-refractivity contribution in [3.63, 3.8) is 0 Å². The average molecular weight is 413 g/mol. The van der Waals surface area contributed by atoms with Crippen molar-refractivity contribution in [2.45, 2.75) is 26.7 Å². The zero-order chi connectivity index (χ0) is 21.8. The Bertz CT molecular complexity index is 972. The molecule has 0 atom stereocenters. The van der Waals surface area contributed by atoms with Crippen LogP contribution in [0.25, 0.3) is 11.6 Å². The molecule has 6 nitrogen and oxygen atoms in total. The van der Waals surface area contributed by atoms with Gasteiger partial charge in [0.15, 0.2) is 6.29 Å². The Morgan fingerprint density at radius 1 is 1.27 bits per heavy atom. The van der Waals surface area contributed by atoms with Crippen LogP contribution in [0.3, 0.4) is 0 Å². The monoisotopic (exact) mass is 412 g/mol. The molecule has 3 rings (SSSR count). The number of aryl methyl sites for hydroxylation is 1. The predicted molar refractivity (Wildman–Crippen MR) is 119 cm³/mol. The molecule has 0 saturated carbocycles. The molecule has 0 aliphatic carbocycles. The summed E-state index contributed by atoms with van der Waals surface area (Å²) < 4.78 is 13.8. The van der Waals surface area contributed by atoms with Crippen LogP contribution in [0.1, 0.15) is 35.4 Å². The van der Waals surface area contributed by atoms with E-state index in [0.717, 1.165) is 42.9 Å². The molecule has 0 bridgehead atoms. The number of allylic oxidation sites excluding steroid dienone is 1. The molecule has 7 heteroatoms. The maximum absolute atomic E-state index is 13.8. The minimum Gasteiger partial charge on any atom is -0.388 e. The van der Waals surface area contributed by atoms with E-state index >= 15 is 0 Å². The van der Waals surface area contributed by atoms with E-state index in [1.165, 1.54) is 12.1 Å². The number of aromatic amines is 1. The van der Waals surface area contributed by atoms with Crippen molar-refractivity contribution in [2.24, 2.45) is 5.92 Å². The van der Waals surface area contributed by atoms with E-state index in [1.54, 1.807) is 19.2 Å². The quantitative estimate of drug-likeness (QED) is 0.498. The SMILES string of the molecule is CNc1ccc(F)cc1/C(C=O)=C/c1[nH]c(C)c(NC(=O)C2CCN(C)CC2)c1C. The molecule has 30 heavy (non-hydrogen) atoms. The van der Waals surface area contributed by atoms with Crippen LogP contribution in [0, 0.1) is 25.6 Å². The van der Waals surface area contributed by atoms with Gasteiger partial charge >= 0.3 is 0 Å². The number of hydrogen-bond acceptors (Lipinski definition) is 4. The molecule has 0 unspecified atom stereocenters. The normalized spacial score (nSPS) is 15.8. The fraction of sp³-hybridized carbons (Fsp3) is 0.391. The highest BCUT2D eigenvalue weighted by Gasteiger charge is 2.25. The van der Waals surface area contributed by atoms with E-state index in [4.69, 9.17) is 0 Å². The average Bonchev–Trinajstić information content (AvgIpc) is 2.99. The predicted octanol–water partition coefficient (Wildman–Crippen LogP) is 3.83. The van der Waals surface area contributed by atoms with Crippen LogP contribution in [0.2, 0.25) is 0 Å². The molecule has 1 aliphatic rings. The summed E-state index contributed by atoms with van der Waals surface area (Å²) in [4.78, 5) is 30.0. The van der Waals surface area contributed by atoms with Crippen LogP contribution in [-0.4, -0.2) is 49.3 Å². The summed E-state index contributed by atoms with van der Waals surface area (Å²) in [5.41, 5.74) is 4.59. The molecule has 0 spiro atoms. The number of piperidine rings is 1. The highest BCUT2D eigenvalue weighted by atomic mass is 19.1. The van der Waals surface area contributed by atoms with E-state index in [9.17, 15) is 14.0 Å². The topological polar surface area (TPSA) is 77.2 Å². The van der Waals surface area contributed by atoms with Crippen LogP contribution in [-0.2, 0) is 9.59 Å². The molecule has 1 aromatic heterocycles. The number of carbonyl (C=O) groups excluding carboxylic acids is 2. The number of H-pyrrole nitrogens is 1. The summed E-state index contributed by atoms with van der Waals surface area (Å²) in [6.07, 6.45) is 4.09. The fourth-order valence-corrected chi connectivity index (χ4v) is 3.91. The summed E-state index contributed by atoms with van der Waals surface area (Å²) in [7, 11) is 3.79. The van der Waals surface area contributed by atoms with E-state index in [-0.39, 0.29) is 11.8 Å². The van der Waals surface area contributed by atoms with Gasteiger partial charge in [-0.15, -0.1) is 0 Å². The van der Waals surface area contributed by atoms with Gasteiger partial charge in [0.05, 0.1) is 5.69 Å². The number of anilines is 2. The van der Waals surface area contributed by atoms with Crippen molar-refractivity contribution in [2.75, 3.05) is 37.8 Å². The van der Waals surface area contributed by atoms with Crippen LogP contribution < -0.4 is 10.6 Å². The third-order valence-corrected chi connectivity index (χ3v) is 5.80. The number of aldehydes is 1. The second-order valence-electron chi connectivity index (χ2n) is 7.89. The second kappa shape index (κ2) is 9.26. The molecule has 160 valence electrons. The first kappa shape index (κ1) is 21.8. The third kappa shape index (κ3) is 4.62. The van der Waals surface area contributed by atoms with Gasteiger partial charge in [-0.05, 0) is 76.7 Å². The molecular formula is C23H29FN4O2. The minimum absolute atomic E-state index is 0.00455. The van der Waals surface area contributed by atoms with E-state index in [1.807, 2.05) is 13.8 Å². The summed E-state index contributed by atoms with van der Waals surface area (Å²) in [6.45, 7) is 5.62. The second-order valence-corrected chi connectivity index (χ2v) is 7.89. The molecule has 2 heterocycles. The van der Waals surface area contributed by atoms with Crippen LogP contribution in [0.15, 0.2) is 18.2 Å². The highest BCUT2D eigenvalue weighted by molar-refractivity contribution is 6.15. The van der Waals surface area contributed by atoms with Gasteiger partial charge in [-0.2, -0.15) is 0 Å². The Kier molecular flexibility index (Phi) is 6.72. The third-order valence-electron chi connectivity index (χ3n) is 5.80. The summed E-state index contributed by atoms with van der Waals surface area (Å²) in [5, 5.41) is 6.05. The first-order valence-electron chi connectivity index (χ1n) is 10.2. The Labute approximate surface area is 176 Å². The lowest BCUT2D eigenvalue weighted by Crippen LogP contribution is -2.36.